The van der Waals surface area contributed by atoms with E-state index in [0.29, 0.717) is 4.90 Å². The minimum Gasteiger partial charge on any atom is -0.392 e. The molecule has 0 fully saturated rings. The molecule has 0 bridgehead atoms. The van der Waals surface area contributed by atoms with E-state index in [1.54, 1.807) is 0 Å². The van der Waals surface area contributed by atoms with Gasteiger partial charge in [0.25, 0.3) is 0 Å². The zero-order valence-electron chi connectivity index (χ0n) is 7.43. The molecule has 0 radical (unpaired) electrons. The number of rotatable bonds is 3. The summed E-state index contributed by atoms with van der Waals surface area (Å²) in [5.41, 5.74) is 0. The van der Waals surface area contributed by atoms with Crippen molar-refractivity contribution in [2.24, 2.45) is 0 Å². The van der Waals surface area contributed by atoms with Crippen LogP contribution in [0.5, 0.6) is 0 Å². The molecule has 0 aromatic rings. The minimum atomic E-state index is -4.86. The number of hydrogen-bond acceptors (Lipinski definition) is 2. The quantitative estimate of drug-likeness (QED) is 0.729. The Morgan fingerprint density at radius 3 is 2.23 bits per heavy atom. The van der Waals surface area contributed by atoms with Gasteiger partial charge in [-0.05, 0) is 13.8 Å². The lowest BCUT2D eigenvalue weighted by molar-refractivity contribution is -0.186. The molecule has 0 aliphatic heterocycles. The van der Waals surface area contributed by atoms with Gasteiger partial charge >= 0.3 is 12.1 Å². The van der Waals surface area contributed by atoms with Crippen molar-refractivity contribution in [1.29, 1.82) is 0 Å². The van der Waals surface area contributed by atoms with Crippen LogP contribution in [0.25, 0.3) is 0 Å². The monoisotopic (exact) mass is 199 g/mol. The van der Waals surface area contributed by atoms with Crippen molar-refractivity contribution in [3.63, 3.8) is 0 Å². The first-order chi connectivity index (χ1) is 5.79. The van der Waals surface area contributed by atoms with E-state index in [9.17, 15) is 18.0 Å². The van der Waals surface area contributed by atoms with E-state index in [0.717, 1.165) is 0 Å². The largest absolute Gasteiger partial charge is 0.471 e. The molecule has 78 valence electrons. The molecule has 0 aliphatic carbocycles. The molecule has 3 nitrogen and oxygen atoms in total. The predicted molar refractivity (Wildman–Crippen MR) is 40.0 cm³/mol. The van der Waals surface area contributed by atoms with Gasteiger partial charge in [-0.25, -0.2) is 0 Å². The molecule has 13 heavy (non-hydrogen) atoms. The molecule has 0 saturated carbocycles. The first-order valence-electron chi connectivity index (χ1n) is 3.83. The van der Waals surface area contributed by atoms with Gasteiger partial charge in [0.15, 0.2) is 0 Å². The van der Waals surface area contributed by atoms with Crippen LogP contribution in [0.2, 0.25) is 0 Å². The molecule has 1 N–H and O–H groups in total. The second-order valence-corrected chi connectivity index (χ2v) is 2.69. The highest BCUT2D eigenvalue weighted by Crippen LogP contribution is 2.18. The van der Waals surface area contributed by atoms with Crippen molar-refractivity contribution in [3.05, 3.63) is 0 Å². The van der Waals surface area contributed by atoms with E-state index in [2.05, 4.69) is 0 Å². The highest BCUT2D eigenvalue weighted by atomic mass is 19.4. The average molecular weight is 199 g/mol. The van der Waals surface area contributed by atoms with Crippen LogP contribution in [-0.4, -0.2) is 41.3 Å². The SMILES string of the molecule is CCN(CC(C)O)C(=O)C(F)(F)F. The molecule has 0 aromatic carbocycles. The predicted octanol–water partition coefficient (Wildman–Crippen LogP) is 0.778. The normalized spacial score (nSPS) is 14.0. The third-order valence-electron chi connectivity index (χ3n) is 1.40. The van der Waals surface area contributed by atoms with Crippen LogP contribution in [0, 0.1) is 0 Å². The third kappa shape index (κ3) is 4.12. The van der Waals surface area contributed by atoms with Crippen LogP contribution in [0.4, 0.5) is 13.2 Å². The zero-order valence-corrected chi connectivity index (χ0v) is 7.43. The van der Waals surface area contributed by atoms with Crippen molar-refractivity contribution in [2.75, 3.05) is 13.1 Å². The first kappa shape index (κ1) is 12.2. The summed E-state index contributed by atoms with van der Waals surface area (Å²) < 4.78 is 35.6. The van der Waals surface area contributed by atoms with Gasteiger partial charge in [-0.1, -0.05) is 0 Å². The fraction of sp³-hybridized carbons (Fsp3) is 0.857. The Kier molecular flexibility index (Phi) is 4.19. The van der Waals surface area contributed by atoms with Gasteiger partial charge in [0.2, 0.25) is 0 Å². The highest BCUT2D eigenvalue weighted by molar-refractivity contribution is 5.81. The summed E-state index contributed by atoms with van der Waals surface area (Å²) >= 11 is 0. The van der Waals surface area contributed by atoms with Crippen LogP contribution < -0.4 is 0 Å². The van der Waals surface area contributed by atoms with Crippen molar-refractivity contribution >= 4 is 5.91 Å². The molecule has 0 saturated heterocycles. The summed E-state index contributed by atoms with van der Waals surface area (Å²) in [7, 11) is 0. The number of carbonyl (C=O) groups excluding carboxylic acids is 1. The number of halogens is 3. The number of likely N-dealkylation sites (N-methyl/N-ethyl adjacent to an activating group) is 1. The van der Waals surface area contributed by atoms with E-state index >= 15 is 0 Å². The van der Waals surface area contributed by atoms with E-state index in [-0.39, 0.29) is 13.1 Å². The van der Waals surface area contributed by atoms with E-state index in [4.69, 9.17) is 5.11 Å². The Morgan fingerprint density at radius 1 is 1.54 bits per heavy atom. The number of hydrogen-bond donors (Lipinski definition) is 1. The zero-order chi connectivity index (χ0) is 10.6. The van der Waals surface area contributed by atoms with Gasteiger partial charge in [0, 0.05) is 13.1 Å². The first-order valence-corrected chi connectivity index (χ1v) is 3.83. The molecular formula is C7H12F3NO2. The summed E-state index contributed by atoms with van der Waals surface area (Å²) in [6.45, 7) is 2.39. The minimum absolute atomic E-state index is 0.0662. The molecule has 1 atom stereocenters. The number of carbonyl (C=O) groups is 1. The maximum Gasteiger partial charge on any atom is 0.471 e. The van der Waals surface area contributed by atoms with Crippen LogP contribution >= 0.6 is 0 Å². The number of aliphatic hydroxyl groups is 1. The molecule has 0 aromatic heterocycles. The summed E-state index contributed by atoms with van der Waals surface area (Å²) in [6, 6.07) is 0. The average Bonchev–Trinajstić information content (AvgIpc) is 1.96. The topological polar surface area (TPSA) is 40.5 Å². The summed E-state index contributed by atoms with van der Waals surface area (Å²) in [5, 5.41) is 8.81. The van der Waals surface area contributed by atoms with Crippen molar-refractivity contribution in [1.82, 2.24) is 4.90 Å². The van der Waals surface area contributed by atoms with Crippen LogP contribution in [0.3, 0.4) is 0 Å². The number of amides is 1. The molecule has 0 heterocycles. The fourth-order valence-electron chi connectivity index (χ4n) is 0.854. The molecule has 1 amide bonds. The van der Waals surface area contributed by atoms with Gasteiger partial charge in [0.05, 0.1) is 6.10 Å². The van der Waals surface area contributed by atoms with E-state index in [1.165, 1.54) is 13.8 Å². The van der Waals surface area contributed by atoms with Gasteiger partial charge in [0.1, 0.15) is 0 Å². The maximum atomic E-state index is 11.9. The van der Waals surface area contributed by atoms with E-state index < -0.39 is 18.2 Å². The van der Waals surface area contributed by atoms with E-state index in [1.807, 2.05) is 0 Å². The third-order valence-corrected chi connectivity index (χ3v) is 1.40. The van der Waals surface area contributed by atoms with Gasteiger partial charge in [-0.2, -0.15) is 13.2 Å². The van der Waals surface area contributed by atoms with Gasteiger partial charge < -0.3 is 10.0 Å². The van der Waals surface area contributed by atoms with Crippen LogP contribution in [0.1, 0.15) is 13.8 Å². The Bertz CT molecular complexity index is 179. The smallest absolute Gasteiger partial charge is 0.392 e. The fourth-order valence-corrected chi connectivity index (χ4v) is 0.854. The van der Waals surface area contributed by atoms with Gasteiger partial charge in [-0.3, -0.25) is 4.79 Å². The second kappa shape index (κ2) is 4.45. The van der Waals surface area contributed by atoms with Crippen LogP contribution in [-0.2, 0) is 4.79 Å². The summed E-state index contributed by atoms with van der Waals surface area (Å²) in [4.78, 5) is 11.2. The molecule has 0 spiro atoms. The highest BCUT2D eigenvalue weighted by Gasteiger charge is 2.42. The summed E-state index contributed by atoms with van der Waals surface area (Å²) in [5.74, 6) is -1.91. The standard InChI is InChI=1S/C7H12F3NO2/c1-3-11(4-5(2)12)6(13)7(8,9)10/h5,12H,3-4H2,1-2H3. The lowest BCUT2D eigenvalue weighted by Crippen LogP contribution is -2.44. The molecular weight excluding hydrogens is 187 g/mol. The Balaban J connectivity index is 4.33. The Labute approximate surface area is 74.1 Å². The number of aliphatic hydroxyl groups excluding tert-OH is 1. The lowest BCUT2D eigenvalue weighted by Gasteiger charge is -2.23. The van der Waals surface area contributed by atoms with Gasteiger partial charge in [-0.15, -0.1) is 0 Å². The summed E-state index contributed by atoms with van der Waals surface area (Å²) in [6.07, 6.45) is -5.81. The number of nitrogens with zero attached hydrogens (tertiary/aromatic N) is 1. The van der Waals surface area contributed by atoms with Crippen molar-refractivity contribution in [2.45, 2.75) is 26.1 Å². The van der Waals surface area contributed by atoms with Crippen molar-refractivity contribution in [3.8, 4) is 0 Å². The molecule has 0 aliphatic rings. The Morgan fingerprint density at radius 2 is 2.00 bits per heavy atom. The molecule has 1 unspecified atom stereocenters. The second-order valence-electron chi connectivity index (χ2n) is 2.69. The van der Waals surface area contributed by atoms with Crippen molar-refractivity contribution < 1.29 is 23.1 Å². The molecule has 6 heteroatoms. The van der Waals surface area contributed by atoms with Crippen LogP contribution in [0.15, 0.2) is 0 Å². The maximum absolute atomic E-state index is 11.9. The Hall–Kier alpha value is -0.780. The molecule has 0 rings (SSSR count). The number of alkyl halides is 3. The lowest BCUT2D eigenvalue weighted by atomic mass is 10.3.